The summed E-state index contributed by atoms with van der Waals surface area (Å²) >= 11 is 0. The van der Waals surface area contributed by atoms with Crippen LogP contribution in [0.2, 0.25) is 0 Å². The van der Waals surface area contributed by atoms with E-state index in [0.29, 0.717) is 0 Å². The molecule has 0 aromatic heterocycles. The van der Waals surface area contributed by atoms with Crippen molar-refractivity contribution in [2.24, 2.45) is 0 Å². The standard InChI is InChI=1S/C4H12O2Si/c1-3(5)4(7)6-2/h3-5H,1-2,7H3. The van der Waals surface area contributed by atoms with Crippen LogP contribution >= 0.6 is 0 Å². The molecule has 0 aliphatic carbocycles. The molecule has 0 spiro atoms. The summed E-state index contributed by atoms with van der Waals surface area (Å²) in [5.41, 5.74) is 0.0972. The summed E-state index contributed by atoms with van der Waals surface area (Å²) in [5.74, 6) is 0. The number of aliphatic hydroxyl groups excluding tert-OH is 1. The molecule has 0 rings (SSSR count). The van der Waals surface area contributed by atoms with Gasteiger partial charge in [0, 0.05) is 17.4 Å². The molecule has 0 saturated carbocycles. The van der Waals surface area contributed by atoms with Crippen LogP contribution in [0.3, 0.4) is 0 Å². The Morgan fingerprint density at radius 3 is 2.14 bits per heavy atom. The molecule has 0 heterocycles. The van der Waals surface area contributed by atoms with Crippen molar-refractivity contribution < 1.29 is 9.84 Å². The van der Waals surface area contributed by atoms with Crippen LogP contribution in [0.4, 0.5) is 0 Å². The van der Waals surface area contributed by atoms with Gasteiger partial charge in [-0.05, 0) is 6.92 Å². The van der Waals surface area contributed by atoms with Crippen LogP contribution in [0.5, 0.6) is 0 Å². The van der Waals surface area contributed by atoms with Gasteiger partial charge in [0.05, 0.1) is 11.8 Å². The average molecular weight is 120 g/mol. The maximum atomic E-state index is 8.73. The predicted molar refractivity (Wildman–Crippen MR) is 32.4 cm³/mol. The molecule has 0 aliphatic rings. The molecule has 3 heteroatoms. The van der Waals surface area contributed by atoms with Crippen molar-refractivity contribution in [2.75, 3.05) is 7.11 Å². The smallest absolute Gasteiger partial charge is 0.0733 e. The second-order valence-electron chi connectivity index (χ2n) is 1.68. The van der Waals surface area contributed by atoms with Crippen molar-refractivity contribution in [2.45, 2.75) is 18.8 Å². The van der Waals surface area contributed by atoms with Crippen molar-refractivity contribution >= 4 is 10.2 Å². The third kappa shape index (κ3) is 2.79. The highest BCUT2D eigenvalue weighted by Crippen LogP contribution is 1.88. The first-order chi connectivity index (χ1) is 3.18. The number of hydrogen-bond acceptors (Lipinski definition) is 2. The highest BCUT2D eigenvalue weighted by molar-refractivity contribution is 6.11. The topological polar surface area (TPSA) is 29.5 Å². The van der Waals surface area contributed by atoms with Crippen LogP contribution in [-0.4, -0.2) is 34.3 Å². The molecule has 44 valence electrons. The third-order valence-corrected chi connectivity index (χ3v) is 2.49. The van der Waals surface area contributed by atoms with Gasteiger partial charge in [0.2, 0.25) is 0 Å². The lowest BCUT2D eigenvalue weighted by Crippen LogP contribution is -2.24. The molecule has 2 nitrogen and oxygen atoms in total. The van der Waals surface area contributed by atoms with Crippen molar-refractivity contribution in [1.29, 1.82) is 0 Å². The zero-order chi connectivity index (χ0) is 5.86. The van der Waals surface area contributed by atoms with Gasteiger partial charge in [0.15, 0.2) is 0 Å². The first-order valence-electron chi connectivity index (χ1n) is 2.39. The highest BCUT2D eigenvalue weighted by Gasteiger charge is 2.03. The van der Waals surface area contributed by atoms with E-state index in [2.05, 4.69) is 0 Å². The molecular weight excluding hydrogens is 108 g/mol. The fourth-order valence-corrected chi connectivity index (χ4v) is 0.197. The summed E-state index contributed by atoms with van der Waals surface area (Å²) < 4.78 is 4.82. The molecule has 0 amide bonds. The normalized spacial score (nSPS) is 19.3. The summed E-state index contributed by atoms with van der Waals surface area (Å²) in [6, 6.07) is 0. The van der Waals surface area contributed by atoms with E-state index in [1.807, 2.05) is 0 Å². The Balaban J connectivity index is 3.14. The minimum absolute atomic E-state index is 0.0972. The molecule has 0 aromatic rings. The minimum Gasteiger partial charge on any atom is -0.391 e. The summed E-state index contributed by atoms with van der Waals surface area (Å²) in [6.45, 7) is 1.74. The van der Waals surface area contributed by atoms with Gasteiger partial charge < -0.3 is 9.84 Å². The maximum Gasteiger partial charge on any atom is 0.0733 e. The number of ether oxygens (including phenoxy) is 1. The van der Waals surface area contributed by atoms with E-state index >= 15 is 0 Å². The van der Waals surface area contributed by atoms with Gasteiger partial charge in [0.1, 0.15) is 0 Å². The fraction of sp³-hybridized carbons (Fsp3) is 1.00. The molecule has 0 radical (unpaired) electrons. The average Bonchev–Trinajstić information content (AvgIpc) is 1.65. The van der Waals surface area contributed by atoms with Crippen molar-refractivity contribution in [1.82, 2.24) is 0 Å². The monoisotopic (exact) mass is 120 g/mol. The zero-order valence-electron chi connectivity index (χ0n) is 5.01. The molecular formula is C4H12O2Si. The summed E-state index contributed by atoms with van der Waals surface area (Å²) in [7, 11) is 2.52. The Morgan fingerprint density at radius 2 is 2.14 bits per heavy atom. The molecule has 0 aromatic carbocycles. The Bertz CT molecular complexity index is 47.0. The van der Waals surface area contributed by atoms with E-state index in [1.54, 1.807) is 14.0 Å². The molecule has 2 atom stereocenters. The van der Waals surface area contributed by atoms with Crippen LogP contribution in [0.1, 0.15) is 6.92 Å². The van der Waals surface area contributed by atoms with Crippen LogP contribution in [-0.2, 0) is 4.74 Å². The van der Waals surface area contributed by atoms with Gasteiger partial charge in [-0.1, -0.05) is 0 Å². The largest absolute Gasteiger partial charge is 0.391 e. The molecule has 7 heavy (non-hydrogen) atoms. The minimum atomic E-state index is -0.295. The SMILES string of the molecule is COC([SiH3])C(C)O. The third-order valence-electron chi connectivity index (χ3n) is 1.05. The number of hydrogen-bond donors (Lipinski definition) is 1. The fourth-order valence-electron chi connectivity index (χ4n) is 0.197. The number of rotatable bonds is 2. The van der Waals surface area contributed by atoms with Crippen LogP contribution < -0.4 is 0 Å². The van der Waals surface area contributed by atoms with Crippen LogP contribution in [0.25, 0.3) is 0 Å². The summed E-state index contributed by atoms with van der Waals surface area (Å²) in [5, 5.41) is 8.73. The second kappa shape index (κ2) is 3.18. The summed E-state index contributed by atoms with van der Waals surface area (Å²) in [6.07, 6.45) is -0.295. The Labute approximate surface area is 46.9 Å². The quantitative estimate of drug-likeness (QED) is 0.459. The van der Waals surface area contributed by atoms with Gasteiger partial charge in [0.25, 0.3) is 0 Å². The Hall–Kier alpha value is 0.137. The van der Waals surface area contributed by atoms with E-state index in [0.717, 1.165) is 10.2 Å². The van der Waals surface area contributed by atoms with Crippen molar-refractivity contribution in [3.63, 3.8) is 0 Å². The van der Waals surface area contributed by atoms with Gasteiger partial charge in [-0.25, -0.2) is 0 Å². The second-order valence-corrected chi connectivity index (χ2v) is 2.82. The highest BCUT2D eigenvalue weighted by atomic mass is 28.1. The maximum absolute atomic E-state index is 8.73. The molecule has 0 aliphatic heterocycles. The Kier molecular flexibility index (Phi) is 3.24. The van der Waals surface area contributed by atoms with E-state index in [9.17, 15) is 0 Å². The first-order valence-corrected chi connectivity index (χ1v) is 3.54. The molecule has 2 unspecified atom stereocenters. The van der Waals surface area contributed by atoms with Crippen molar-refractivity contribution in [3.8, 4) is 0 Å². The molecule has 0 bridgehead atoms. The zero-order valence-corrected chi connectivity index (χ0v) is 7.01. The van der Waals surface area contributed by atoms with E-state index in [1.165, 1.54) is 0 Å². The Morgan fingerprint density at radius 1 is 1.71 bits per heavy atom. The lowest BCUT2D eigenvalue weighted by molar-refractivity contribution is 0.0480. The van der Waals surface area contributed by atoms with Crippen molar-refractivity contribution in [3.05, 3.63) is 0 Å². The number of methoxy groups -OCH3 is 1. The van der Waals surface area contributed by atoms with E-state index in [4.69, 9.17) is 9.84 Å². The van der Waals surface area contributed by atoms with E-state index < -0.39 is 0 Å². The number of aliphatic hydroxyl groups is 1. The molecule has 0 saturated heterocycles. The van der Waals surface area contributed by atoms with Crippen LogP contribution in [0.15, 0.2) is 0 Å². The van der Waals surface area contributed by atoms with Gasteiger partial charge >= 0.3 is 0 Å². The lowest BCUT2D eigenvalue weighted by Gasteiger charge is -2.10. The van der Waals surface area contributed by atoms with Gasteiger partial charge in [-0.3, -0.25) is 0 Å². The van der Waals surface area contributed by atoms with E-state index in [-0.39, 0.29) is 11.8 Å². The van der Waals surface area contributed by atoms with Gasteiger partial charge in [-0.2, -0.15) is 0 Å². The van der Waals surface area contributed by atoms with Gasteiger partial charge in [-0.15, -0.1) is 0 Å². The molecule has 1 N–H and O–H groups in total. The first kappa shape index (κ1) is 7.14. The molecule has 0 fully saturated rings. The summed E-state index contributed by atoms with van der Waals surface area (Å²) in [4.78, 5) is 0. The predicted octanol–water partition coefficient (Wildman–Crippen LogP) is -1.29. The van der Waals surface area contributed by atoms with Crippen LogP contribution in [0, 0.1) is 0 Å². The lowest BCUT2D eigenvalue weighted by atomic mass is 10.4.